The highest BCUT2D eigenvalue weighted by atomic mass is 16.3. The molecule has 1 aromatic rings. The SMILES string of the molecule is Oc1ccc(CN2CCCC2C2CCCC2)nc1. The van der Waals surface area contributed by atoms with E-state index in [0.29, 0.717) is 0 Å². The molecule has 3 heteroatoms. The van der Waals surface area contributed by atoms with Crippen molar-refractivity contribution < 1.29 is 5.11 Å². The molecule has 3 rings (SSSR count). The summed E-state index contributed by atoms with van der Waals surface area (Å²) in [5.74, 6) is 1.18. The fraction of sp³-hybridized carbons (Fsp3) is 0.667. The van der Waals surface area contributed by atoms with Crippen LogP contribution < -0.4 is 0 Å². The van der Waals surface area contributed by atoms with E-state index in [-0.39, 0.29) is 5.75 Å². The Hall–Kier alpha value is -1.09. The van der Waals surface area contributed by atoms with Gasteiger partial charge in [-0.1, -0.05) is 12.8 Å². The van der Waals surface area contributed by atoms with Gasteiger partial charge in [-0.05, 0) is 50.3 Å². The van der Waals surface area contributed by atoms with Crippen molar-refractivity contribution in [1.82, 2.24) is 9.88 Å². The Labute approximate surface area is 109 Å². The third-order valence-corrected chi connectivity index (χ3v) is 4.53. The molecule has 2 fully saturated rings. The van der Waals surface area contributed by atoms with Gasteiger partial charge >= 0.3 is 0 Å². The molecule has 18 heavy (non-hydrogen) atoms. The maximum absolute atomic E-state index is 9.27. The van der Waals surface area contributed by atoms with Crippen molar-refractivity contribution >= 4 is 0 Å². The first-order chi connectivity index (χ1) is 8.83. The van der Waals surface area contributed by atoms with E-state index in [1.54, 1.807) is 12.3 Å². The number of likely N-dealkylation sites (tertiary alicyclic amines) is 1. The number of nitrogens with zero attached hydrogens (tertiary/aromatic N) is 2. The number of aromatic hydroxyl groups is 1. The monoisotopic (exact) mass is 246 g/mol. The van der Waals surface area contributed by atoms with Crippen LogP contribution in [0.1, 0.15) is 44.2 Å². The molecule has 0 aromatic carbocycles. The molecule has 1 saturated carbocycles. The minimum absolute atomic E-state index is 0.257. The van der Waals surface area contributed by atoms with Crippen LogP contribution in [0.25, 0.3) is 0 Å². The Morgan fingerprint density at radius 3 is 2.72 bits per heavy atom. The van der Waals surface area contributed by atoms with Crippen LogP contribution in [0, 0.1) is 5.92 Å². The van der Waals surface area contributed by atoms with Crippen LogP contribution in [0.3, 0.4) is 0 Å². The number of hydrogen-bond donors (Lipinski definition) is 1. The molecule has 0 spiro atoms. The van der Waals surface area contributed by atoms with Crippen LogP contribution in [0.4, 0.5) is 0 Å². The summed E-state index contributed by atoms with van der Waals surface area (Å²) in [4.78, 5) is 6.92. The van der Waals surface area contributed by atoms with Crippen molar-refractivity contribution in [2.24, 2.45) is 5.92 Å². The Morgan fingerprint density at radius 1 is 1.17 bits per heavy atom. The molecule has 1 aromatic heterocycles. The highest BCUT2D eigenvalue weighted by Gasteiger charge is 2.33. The quantitative estimate of drug-likeness (QED) is 0.890. The number of pyridine rings is 1. The topological polar surface area (TPSA) is 36.4 Å². The van der Waals surface area contributed by atoms with E-state index in [4.69, 9.17) is 0 Å². The zero-order valence-corrected chi connectivity index (χ0v) is 10.9. The first-order valence-corrected chi connectivity index (χ1v) is 7.21. The summed E-state index contributed by atoms with van der Waals surface area (Å²) in [6, 6.07) is 4.46. The predicted molar refractivity (Wildman–Crippen MR) is 71.3 cm³/mol. The lowest BCUT2D eigenvalue weighted by Crippen LogP contribution is -2.34. The van der Waals surface area contributed by atoms with Crippen molar-refractivity contribution in [3.8, 4) is 5.75 Å². The molecule has 0 bridgehead atoms. The van der Waals surface area contributed by atoms with Gasteiger partial charge in [0.1, 0.15) is 5.75 Å². The van der Waals surface area contributed by atoms with Gasteiger partial charge in [0, 0.05) is 12.6 Å². The van der Waals surface area contributed by atoms with Crippen LogP contribution in [-0.4, -0.2) is 27.6 Å². The molecule has 2 aliphatic rings. The smallest absolute Gasteiger partial charge is 0.133 e. The lowest BCUT2D eigenvalue weighted by atomic mass is 9.96. The molecular weight excluding hydrogens is 224 g/mol. The maximum Gasteiger partial charge on any atom is 0.133 e. The molecule has 1 atom stereocenters. The Balaban J connectivity index is 1.65. The van der Waals surface area contributed by atoms with E-state index in [9.17, 15) is 5.11 Å². The van der Waals surface area contributed by atoms with E-state index in [1.807, 2.05) is 6.07 Å². The van der Waals surface area contributed by atoms with Crippen molar-refractivity contribution in [3.05, 3.63) is 24.0 Å². The van der Waals surface area contributed by atoms with Gasteiger partial charge in [0.05, 0.1) is 11.9 Å². The van der Waals surface area contributed by atoms with Gasteiger partial charge < -0.3 is 5.11 Å². The van der Waals surface area contributed by atoms with Gasteiger partial charge in [-0.2, -0.15) is 0 Å². The minimum atomic E-state index is 0.257. The average Bonchev–Trinajstić information content (AvgIpc) is 3.02. The average molecular weight is 246 g/mol. The third-order valence-electron chi connectivity index (χ3n) is 4.53. The molecule has 1 saturated heterocycles. The van der Waals surface area contributed by atoms with Gasteiger partial charge in [0.15, 0.2) is 0 Å². The zero-order chi connectivity index (χ0) is 12.4. The first-order valence-electron chi connectivity index (χ1n) is 7.21. The lowest BCUT2D eigenvalue weighted by Gasteiger charge is -2.29. The summed E-state index contributed by atoms with van der Waals surface area (Å²) in [5.41, 5.74) is 1.08. The fourth-order valence-corrected chi connectivity index (χ4v) is 3.64. The van der Waals surface area contributed by atoms with Crippen molar-refractivity contribution in [1.29, 1.82) is 0 Å². The molecule has 0 amide bonds. The summed E-state index contributed by atoms with van der Waals surface area (Å²) < 4.78 is 0. The Bertz CT molecular complexity index is 384. The molecule has 1 unspecified atom stereocenters. The fourth-order valence-electron chi connectivity index (χ4n) is 3.64. The molecule has 98 valence electrons. The summed E-state index contributed by atoms with van der Waals surface area (Å²) in [7, 11) is 0. The molecule has 3 nitrogen and oxygen atoms in total. The second kappa shape index (κ2) is 5.27. The molecule has 2 heterocycles. The summed E-state index contributed by atoms with van der Waals surface area (Å²) in [5, 5.41) is 9.27. The Kier molecular flexibility index (Phi) is 3.50. The highest BCUT2D eigenvalue weighted by molar-refractivity contribution is 5.18. The van der Waals surface area contributed by atoms with Crippen LogP contribution in [0.15, 0.2) is 18.3 Å². The zero-order valence-electron chi connectivity index (χ0n) is 10.9. The van der Waals surface area contributed by atoms with Crippen LogP contribution in [0.5, 0.6) is 5.75 Å². The molecule has 1 aliphatic heterocycles. The van der Waals surface area contributed by atoms with Gasteiger partial charge in [0.2, 0.25) is 0 Å². The van der Waals surface area contributed by atoms with Crippen molar-refractivity contribution in [3.63, 3.8) is 0 Å². The van der Waals surface area contributed by atoms with Crippen LogP contribution >= 0.6 is 0 Å². The summed E-state index contributed by atoms with van der Waals surface area (Å²) in [6.45, 7) is 2.16. The molecular formula is C15H22N2O. The second-order valence-electron chi connectivity index (χ2n) is 5.73. The van der Waals surface area contributed by atoms with E-state index >= 15 is 0 Å². The van der Waals surface area contributed by atoms with Crippen molar-refractivity contribution in [2.45, 2.75) is 51.1 Å². The third kappa shape index (κ3) is 2.51. The normalized spacial score (nSPS) is 25.9. The number of rotatable bonds is 3. The maximum atomic E-state index is 9.27. The molecule has 1 aliphatic carbocycles. The van der Waals surface area contributed by atoms with Crippen molar-refractivity contribution in [2.75, 3.05) is 6.54 Å². The van der Waals surface area contributed by atoms with Gasteiger partial charge in [-0.15, -0.1) is 0 Å². The minimum Gasteiger partial charge on any atom is -0.506 e. The van der Waals surface area contributed by atoms with E-state index in [2.05, 4.69) is 9.88 Å². The highest BCUT2D eigenvalue weighted by Crippen LogP contribution is 2.35. The van der Waals surface area contributed by atoms with Crippen LogP contribution in [-0.2, 0) is 6.54 Å². The van der Waals surface area contributed by atoms with Crippen LogP contribution in [0.2, 0.25) is 0 Å². The van der Waals surface area contributed by atoms with Gasteiger partial charge in [-0.25, -0.2) is 0 Å². The van der Waals surface area contributed by atoms with E-state index in [1.165, 1.54) is 45.1 Å². The van der Waals surface area contributed by atoms with E-state index in [0.717, 1.165) is 24.2 Å². The molecule has 0 radical (unpaired) electrons. The molecule has 1 N–H and O–H groups in total. The van der Waals surface area contributed by atoms with Gasteiger partial charge in [-0.3, -0.25) is 9.88 Å². The number of aromatic nitrogens is 1. The summed E-state index contributed by atoms with van der Waals surface area (Å²) in [6.07, 6.45) is 9.94. The Morgan fingerprint density at radius 2 is 2.00 bits per heavy atom. The second-order valence-corrected chi connectivity index (χ2v) is 5.73. The number of hydrogen-bond acceptors (Lipinski definition) is 3. The van der Waals surface area contributed by atoms with Gasteiger partial charge in [0.25, 0.3) is 0 Å². The summed E-state index contributed by atoms with van der Waals surface area (Å²) >= 11 is 0. The largest absolute Gasteiger partial charge is 0.506 e. The predicted octanol–water partition coefficient (Wildman–Crippen LogP) is 2.94. The lowest BCUT2D eigenvalue weighted by molar-refractivity contribution is 0.181. The first kappa shape index (κ1) is 12.0. The van der Waals surface area contributed by atoms with E-state index < -0.39 is 0 Å². The standard InChI is InChI=1S/C15H22N2O/c18-14-8-7-13(16-10-14)11-17-9-3-6-15(17)12-4-1-2-5-12/h7-8,10,12,15,18H,1-6,9,11H2.